The van der Waals surface area contributed by atoms with Gasteiger partial charge >= 0.3 is 5.97 Å². The average molecular weight is 306 g/mol. The second kappa shape index (κ2) is 5.79. The summed E-state index contributed by atoms with van der Waals surface area (Å²) in [6.45, 7) is 3.21. The molecule has 0 aliphatic heterocycles. The summed E-state index contributed by atoms with van der Waals surface area (Å²) < 4.78 is 29.5. The number of nitrogens with zero attached hydrogens (tertiary/aromatic N) is 1. The van der Waals surface area contributed by atoms with E-state index in [4.69, 9.17) is 11.6 Å². The monoisotopic (exact) mass is 305 g/mol. The van der Waals surface area contributed by atoms with Crippen molar-refractivity contribution in [2.75, 3.05) is 17.7 Å². The Balaban J connectivity index is 3.41. The SMILES string of the molecule is COC(=O)[C@H](C)N(c1cc(Cl)ccc1C)S(C)(=O)=O. The molecule has 1 aromatic carbocycles. The molecule has 1 rings (SSSR count). The molecule has 0 aromatic heterocycles. The van der Waals surface area contributed by atoms with Crippen LogP contribution < -0.4 is 4.31 Å². The van der Waals surface area contributed by atoms with Gasteiger partial charge < -0.3 is 4.74 Å². The number of carbonyl (C=O) groups is 1. The minimum Gasteiger partial charge on any atom is -0.467 e. The van der Waals surface area contributed by atoms with Crippen LogP contribution in [-0.4, -0.2) is 33.8 Å². The zero-order chi connectivity index (χ0) is 14.8. The van der Waals surface area contributed by atoms with Crippen molar-refractivity contribution in [1.82, 2.24) is 0 Å². The summed E-state index contributed by atoms with van der Waals surface area (Å²) in [5, 5.41) is 0.395. The molecule has 0 radical (unpaired) electrons. The van der Waals surface area contributed by atoms with Crippen LogP contribution in [0.15, 0.2) is 18.2 Å². The van der Waals surface area contributed by atoms with Gasteiger partial charge in [-0.15, -0.1) is 0 Å². The molecular formula is C12H16ClNO4S. The fourth-order valence-electron chi connectivity index (χ4n) is 1.76. The number of esters is 1. The van der Waals surface area contributed by atoms with E-state index in [2.05, 4.69) is 4.74 Å². The van der Waals surface area contributed by atoms with Crippen LogP contribution in [0.1, 0.15) is 12.5 Å². The molecule has 1 atom stereocenters. The fourth-order valence-corrected chi connectivity index (χ4v) is 3.14. The average Bonchev–Trinajstić information content (AvgIpc) is 2.31. The number of methoxy groups -OCH3 is 1. The quantitative estimate of drug-likeness (QED) is 0.798. The lowest BCUT2D eigenvalue weighted by atomic mass is 10.2. The summed E-state index contributed by atoms with van der Waals surface area (Å²) in [4.78, 5) is 11.6. The predicted octanol–water partition coefficient (Wildman–Crippen LogP) is 1.98. The van der Waals surface area contributed by atoms with Gasteiger partial charge in [0.05, 0.1) is 19.1 Å². The number of anilines is 1. The Bertz CT molecular complexity index is 585. The number of aryl methyl sites for hydroxylation is 1. The number of sulfonamides is 1. The minimum absolute atomic E-state index is 0.368. The third-order valence-electron chi connectivity index (χ3n) is 2.66. The molecule has 0 saturated heterocycles. The maximum Gasteiger partial charge on any atom is 0.329 e. The van der Waals surface area contributed by atoms with Crippen molar-refractivity contribution in [3.63, 3.8) is 0 Å². The second-order valence-corrected chi connectivity index (χ2v) is 6.48. The van der Waals surface area contributed by atoms with Crippen molar-refractivity contribution in [1.29, 1.82) is 0 Å². The molecule has 0 unspecified atom stereocenters. The van der Waals surface area contributed by atoms with Gasteiger partial charge in [-0.05, 0) is 31.5 Å². The number of ether oxygens (including phenoxy) is 1. The lowest BCUT2D eigenvalue weighted by Crippen LogP contribution is -2.43. The van der Waals surface area contributed by atoms with Gasteiger partial charge in [-0.2, -0.15) is 0 Å². The number of hydrogen-bond acceptors (Lipinski definition) is 4. The molecule has 0 saturated carbocycles. The highest BCUT2D eigenvalue weighted by Crippen LogP contribution is 2.28. The highest BCUT2D eigenvalue weighted by molar-refractivity contribution is 7.92. The molecule has 5 nitrogen and oxygen atoms in total. The van der Waals surface area contributed by atoms with Crippen molar-refractivity contribution < 1.29 is 17.9 Å². The van der Waals surface area contributed by atoms with Crippen molar-refractivity contribution in [3.8, 4) is 0 Å². The van der Waals surface area contributed by atoms with Crippen LogP contribution in [0.2, 0.25) is 5.02 Å². The van der Waals surface area contributed by atoms with E-state index in [1.165, 1.54) is 20.1 Å². The Kier molecular flexibility index (Phi) is 4.81. The van der Waals surface area contributed by atoms with Gasteiger partial charge in [-0.3, -0.25) is 4.31 Å². The lowest BCUT2D eigenvalue weighted by Gasteiger charge is -2.28. The van der Waals surface area contributed by atoms with Gasteiger partial charge in [0.25, 0.3) is 0 Å². The summed E-state index contributed by atoms with van der Waals surface area (Å²) >= 11 is 5.89. The molecule has 1 aromatic rings. The standard InChI is InChI=1S/C12H16ClNO4S/c1-8-5-6-10(13)7-11(8)14(19(4,16)17)9(2)12(15)18-3/h5-7,9H,1-4H3/t9-/m0/s1. The maximum atomic E-state index is 11.9. The van der Waals surface area contributed by atoms with E-state index in [0.29, 0.717) is 16.3 Å². The Labute approximate surface area is 118 Å². The van der Waals surface area contributed by atoms with Crippen LogP contribution in [0.4, 0.5) is 5.69 Å². The Hall–Kier alpha value is -1.27. The molecule has 0 spiro atoms. The first kappa shape index (κ1) is 15.8. The molecule has 7 heteroatoms. The minimum atomic E-state index is -3.64. The van der Waals surface area contributed by atoms with E-state index >= 15 is 0 Å². The first-order chi connectivity index (χ1) is 8.68. The second-order valence-electron chi connectivity index (χ2n) is 4.19. The summed E-state index contributed by atoms with van der Waals surface area (Å²) in [6.07, 6.45) is 1.03. The number of carbonyl (C=O) groups excluding carboxylic acids is 1. The highest BCUT2D eigenvalue weighted by Gasteiger charge is 2.30. The van der Waals surface area contributed by atoms with Crippen LogP contribution in [0, 0.1) is 6.92 Å². The number of halogens is 1. The van der Waals surface area contributed by atoms with Crippen LogP contribution in [0.5, 0.6) is 0 Å². The molecule has 0 aliphatic rings. The number of benzene rings is 1. The Morgan fingerprint density at radius 2 is 2.00 bits per heavy atom. The third kappa shape index (κ3) is 3.61. The van der Waals surface area contributed by atoms with E-state index < -0.39 is 22.0 Å². The number of rotatable bonds is 4. The summed E-state index contributed by atoms with van der Waals surface area (Å²) in [5.74, 6) is -0.634. The summed E-state index contributed by atoms with van der Waals surface area (Å²) in [7, 11) is -2.43. The van der Waals surface area contributed by atoms with Gasteiger partial charge in [0, 0.05) is 5.02 Å². The molecule has 0 fully saturated rings. The summed E-state index contributed by atoms with van der Waals surface area (Å²) in [6, 6.07) is 3.90. The van der Waals surface area contributed by atoms with Crippen LogP contribution in [0.3, 0.4) is 0 Å². The zero-order valence-electron chi connectivity index (χ0n) is 11.2. The molecule has 0 N–H and O–H groups in total. The summed E-state index contributed by atoms with van der Waals surface area (Å²) in [5.41, 5.74) is 1.07. The normalized spacial score (nSPS) is 12.9. The van der Waals surface area contributed by atoms with Crippen LogP contribution in [0.25, 0.3) is 0 Å². The van der Waals surface area contributed by atoms with Crippen LogP contribution >= 0.6 is 11.6 Å². The largest absolute Gasteiger partial charge is 0.467 e. The van der Waals surface area contributed by atoms with Crippen LogP contribution in [-0.2, 0) is 19.6 Å². The lowest BCUT2D eigenvalue weighted by molar-refractivity contribution is -0.141. The molecule has 19 heavy (non-hydrogen) atoms. The molecular weight excluding hydrogens is 290 g/mol. The van der Waals surface area contributed by atoms with Gasteiger partial charge in [-0.25, -0.2) is 13.2 Å². The zero-order valence-corrected chi connectivity index (χ0v) is 12.7. The van der Waals surface area contributed by atoms with Crippen molar-refractivity contribution in [2.24, 2.45) is 0 Å². The van der Waals surface area contributed by atoms with E-state index in [9.17, 15) is 13.2 Å². The van der Waals surface area contributed by atoms with E-state index in [0.717, 1.165) is 10.6 Å². The predicted molar refractivity (Wildman–Crippen MR) is 75.0 cm³/mol. The van der Waals surface area contributed by atoms with E-state index in [1.807, 2.05) is 0 Å². The molecule has 106 valence electrons. The topological polar surface area (TPSA) is 63.7 Å². The third-order valence-corrected chi connectivity index (χ3v) is 4.12. The smallest absolute Gasteiger partial charge is 0.329 e. The highest BCUT2D eigenvalue weighted by atomic mass is 35.5. The molecule has 0 amide bonds. The van der Waals surface area contributed by atoms with E-state index in [-0.39, 0.29) is 0 Å². The van der Waals surface area contributed by atoms with Gasteiger partial charge in [-0.1, -0.05) is 17.7 Å². The van der Waals surface area contributed by atoms with Gasteiger partial charge in [0.1, 0.15) is 6.04 Å². The first-order valence-corrected chi connectivity index (χ1v) is 7.74. The van der Waals surface area contributed by atoms with Crippen molar-refractivity contribution in [3.05, 3.63) is 28.8 Å². The van der Waals surface area contributed by atoms with E-state index in [1.54, 1.807) is 19.1 Å². The van der Waals surface area contributed by atoms with Gasteiger partial charge in [0.2, 0.25) is 10.0 Å². The first-order valence-electron chi connectivity index (χ1n) is 5.52. The van der Waals surface area contributed by atoms with Gasteiger partial charge in [0.15, 0.2) is 0 Å². The maximum absolute atomic E-state index is 11.9. The molecule has 0 bridgehead atoms. The molecule has 0 aliphatic carbocycles. The van der Waals surface area contributed by atoms with Crippen molar-refractivity contribution >= 4 is 33.3 Å². The molecule has 0 heterocycles. The number of hydrogen-bond donors (Lipinski definition) is 0. The fraction of sp³-hybridized carbons (Fsp3) is 0.417. The Morgan fingerprint density at radius 1 is 1.42 bits per heavy atom. The van der Waals surface area contributed by atoms with Crippen molar-refractivity contribution in [2.45, 2.75) is 19.9 Å². The Morgan fingerprint density at radius 3 is 2.47 bits per heavy atom.